The number of alkyl halides is 1. The normalized spacial score (nSPS) is 23.7. The van der Waals surface area contributed by atoms with Gasteiger partial charge in [0.1, 0.15) is 11.9 Å². The molecule has 5 rings (SSSR count). The second-order valence-electron chi connectivity index (χ2n) is 7.24. The first-order valence-corrected chi connectivity index (χ1v) is 9.34. The number of hydrogen-bond donors (Lipinski definition) is 1. The highest BCUT2D eigenvalue weighted by Crippen LogP contribution is 2.36. The van der Waals surface area contributed by atoms with Gasteiger partial charge in [0, 0.05) is 18.0 Å². The van der Waals surface area contributed by atoms with E-state index in [1.165, 1.54) is 12.8 Å². The summed E-state index contributed by atoms with van der Waals surface area (Å²) in [5, 5.41) is 10.5. The van der Waals surface area contributed by atoms with Gasteiger partial charge in [0.15, 0.2) is 0 Å². The maximum absolute atomic E-state index is 14.1. The van der Waals surface area contributed by atoms with Crippen LogP contribution in [0.4, 0.5) is 10.1 Å². The maximum atomic E-state index is 14.1. The Labute approximate surface area is 155 Å². The lowest BCUT2D eigenvalue weighted by Crippen LogP contribution is -2.48. The van der Waals surface area contributed by atoms with E-state index in [1.807, 2.05) is 38.8 Å². The molecule has 3 heterocycles. The van der Waals surface area contributed by atoms with E-state index in [2.05, 4.69) is 10.2 Å². The summed E-state index contributed by atoms with van der Waals surface area (Å²) in [5.41, 5.74) is 8.48. The summed E-state index contributed by atoms with van der Waals surface area (Å²) >= 11 is 6.48. The van der Waals surface area contributed by atoms with E-state index in [1.54, 1.807) is 6.20 Å². The molecule has 2 aliphatic rings. The van der Waals surface area contributed by atoms with Gasteiger partial charge in [-0.1, -0.05) is 11.6 Å². The van der Waals surface area contributed by atoms with Crippen LogP contribution < -0.4 is 10.6 Å². The number of benzene rings is 1. The number of nitrogens with two attached hydrogens (primary N) is 1. The molecule has 1 aliphatic carbocycles. The Morgan fingerprint density at radius 3 is 2.77 bits per heavy atom. The molecule has 0 unspecified atom stereocenters. The molecule has 3 aromatic rings. The molecule has 1 saturated carbocycles. The van der Waals surface area contributed by atoms with Crippen LogP contribution in [0.25, 0.3) is 16.6 Å². The van der Waals surface area contributed by atoms with Gasteiger partial charge in [-0.05, 0) is 31.4 Å². The number of nitrogens with zero attached hydrogens (tertiary/aromatic N) is 5. The molecule has 0 radical (unpaired) electrons. The van der Waals surface area contributed by atoms with Gasteiger partial charge in [0.05, 0.1) is 47.4 Å². The van der Waals surface area contributed by atoms with Gasteiger partial charge in [-0.2, -0.15) is 10.2 Å². The molecular weight excluding hydrogens is 355 g/mol. The number of halogens is 2. The van der Waals surface area contributed by atoms with Crippen molar-refractivity contribution in [2.45, 2.75) is 37.5 Å². The van der Waals surface area contributed by atoms with E-state index >= 15 is 0 Å². The number of rotatable bonds is 3. The summed E-state index contributed by atoms with van der Waals surface area (Å²) in [5.74, 6) is 0. The van der Waals surface area contributed by atoms with E-state index in [4.69, 9.17) is 17.3 Å². The van der Waals surface area contributed by atoms with Crippen LogP contribution in [0.1, 0.15) is 25.3 Å². The van der Waals surface area contributed by atoms with Crippen molar-refractivity contribution in [2.75, 3.05) is 18.0 Å². The Hall–Kier alpha value is -2.12. The van der Waals surface area contributed by atoms with Gasteiger partial charge in [-0.25, -0.2) is 9.07 Å². The third-order valence-corrected chi connectivity index (χ3v) is 5.63. The fraction of sp³-hybridized carbons (Fsp3) is 0.444. The van der Waals surface area contributed by atoms with E-state index in [0.29, 0.717) is 24.0 Å². The minimum atomic E-state index is -1.04. The zero-order valence-electron chi connectivity index (χ0n) is 14.2. The average molecular weight is 375 g/mol. The van der Waals surface area contributed by atoms with E-state index in [0.717, 1.165) is 22.3 Å². The molecule has 0 spiro atoms. The molecule has 2 aromatic heterocycles. The van der Waals surface area contributed by atoms with Crippen molar-refractivity contribution >= 4 is 28.2 Å². The van der Waals surface area contributed by atoms with Gasteiger partial charge in [-0.3, -0.25) is 4.68 Å². The van der Waals surface area contributed by atoms with E-state index < -0.39 is 12.2 Å². The first-order valence-electron chi connectivity index (χ1n) is 8.96. The van der Waals surface area contributed by atoms with Gasteiger partial charge in [0.2, 0.25) is 0 Å². The minimum absolute atomic E-state index is 0.264. The van der Waals surface area contributed by atoms with Crippen molar-refractivity contribution in [3.63, 3.8) is 0 Å². The van der Waals surface area contributed by atoms with Crippen LogP contribution in [-0.2, 0) is 0 Å². The highest BCUT2D eigenvalue weighted by Gasteiger charge is 2.28. The van der Waals surface area contributed by atoms with Crippen molar-refractivity contribution in [2.24, 2.45) is 5.73 Å². The molecule has 2 atom stereocenters. The Balaban J connectivity index is 1.54. The van der Waals surface area contributed by atoms with Gasteiger partial charge in [0.25, 0.3) is 0 Å². The third-order valence-electron chi connectivity index (χ3n) is 5.32. The molecule has 6 nitrogen and oxygen atoms in total. The number of fused-ring (bicyclic) bond motifs is 1. The predicted octanol–water partition coefficient (Wildman–Crippen LogP) is 3.09. The molecular formula is C18H20ClFN6. The lowest BCUT2D eigenvalue weighted by molar-refractivity contribution is 0.251. The van der Waals surface area contributed by atoms with Crippen LogP contribution in [0.3, 0.4) is 0 Å². The molecule has 1 aliphatic heterocycles. The standard InChI is InChI=1S/C18H20ClFN6/c19-14-5-11-7-23-26(13-8-22-25(9-13)12-1-2-12)17(11)6-18(14)24-4-3-16(21)15(20)10-24/h5-9,12,15-16H,1-4,10,21H2/t15-,16-/m1/s1. The highest BCUT2D eigenvalue weighted by molar-refractivity contribution is 6.34. The summed E-state index contributed by atoms with van der Waals surface area (Å²) in [7, 11) is 0. The quantitative estimate of drug-likeness (QED) is 0.765. The molecule has 8 heteroatoms. The van der Waals surface area contributed by atoms with Crippen molar-refractivity contribution in [3.05, 3.63) is 35.7 Å². The number of aromatic nitrogens is 4. The number of piperidine rings is 1. The number of anilines is 1. The SMILES string of the molecule is N[C@@H]1CCN(c2cc3c(cnn3-c3cnn(C4CC4)c3)cc2Cl)C[C@H]1F. The van der Waals surface area contributed by atoms with E-state index in [-0.39, 0.29) is 6.54 Å². The van der Waals surface area contributed by atoms with Gasteiger partial charge in [-0.15, -0.1) is 0 Å². The molecule has 0 amide bonds. The van der Waals surface area contributed by atoms with Crippen molar-refractivity contribution < 1.29 is 4.39 Å². The third kappa shape index (κ3) is 2.66. The topological polar surface area (TPSA) is 64.9 Å². The average Bonchev–Trinajstić information content (AvgIpc) is 3.22. The lowest BCUT2D eigenvalue weighted by atomic mass is 10.0. The largest absolute Gasteiger partial charge is 0.367 e. The summed E-state index contributed by atoms with van der Waals surface area (Å²) in [6.45, 7) is 0.959. The van der Waals surface area contributed by atoms with Gasteiger partial charge < -0.3 is 10.6 Å². The molecule has 26 heavy (non-hydrogen) atoms. The van der Waals surface area contributed by atoms with Crippen LogP contribution in [-0.4, -0.2) is 44.9 Å². The number of hydrogen-bond acceptors (Lipinski definition) is 4. The van der Waals surface area contributed by atoms with E-state index in [9.17, 15) is 4.39 Å². The van der Waals surface area contributed by atoms with Crippen LogP contribution >= 0.6 is 11.6 Å². The maximum Gasteiger partial charge on any atom is 0.133 e. The summed E-state index contributed by atoms with van der Waals surface area (Å²) < 4.78 is 18.0. The zero-order valence-corrected chi connectivity index (χ0v) is 15.0. The van der Waals surface area contributed by atoms with Crippen LogP contribution in [0.15, 0.2) is 30.7 Å². The smallest absolute Gasteiger partial charge is 0.133 e. The first kappa shape index (κ1) is 16.1. The Morgan fingerprint density at radius 2 is 2.00 bits per heavy atom. The molecule has 2 N–H and O–H groups in total. The van der Waals surface area contributed by atoms with Crippen molar-refractivity contribution in [1.29, 1.82) is 0 Å². The zero-order chi connectivity index (χ0) is 17.8. The molecule has 2 fully saturated rings. The molecule has 0 bridgehead atoms. The van der Waals surface area contributed by atoms with Crippen molar-refractivity contribution in [3.8, 4) is 5.69 Å². The summed E-state index contributed by atoms with van der Waals surface area (Å²) in [4.78, 5) is 1.97. The Kier molecular flexibility index (Phi) is 3.68. The predicted molar refractivity (Wildman–Crippen MR) is 99.8 cm³/mol. The monoisotopic (exact) mass is 374 g/mol. The fourth-order valence-corrected chi connectivity index (χ4v) is 3.89. The van der Waals surface area contributed by atoms with Crippen LogP contribution in [0.2, 0.25) is 5.02 Å². The summed E-state index contributed by atoms with van der Waals surface area (Å²) in [6.07, 6.45) is 7.58. The minimum Gasteiger partial charge on any atom is -0.367 e. The molecule has 136 valence electrons. The Bertz CT molecular complexity index is 962. The highest BCUT2D eigenvalue weighted by atomic mass is 35.5. The van der Waals surface area contributed by atoms with Crippen LogP contribution in [0, 0.1) is 0 Å². The fourth-order valence-electron chi connectivity index (χ4n) is 3.60. The second-order valence-corrected chi connectivity index (χ2v) is 7.65. The molecule has 1 saturated heterocycles. The van der Waals surface area contributed by atoms with Crippen molar-refractivity contribution in [1.82, 2.24) is 19.6 Å². The molecule has 1 aromatic carbocycles. The van der Waals surface area contributed by atoms with Crippen LogP contribution in [0.5, 0.6) is 0 Å². The first-order chi connectivity index (χ1) is 12.6. The second kappa shape index (κ2) is 5.96. The summed E-state index contributed by atoms with van der Waals surface area (Å²) in [6, 6.07) is 4.01. The lowest BCUT2D eigenvalue weighted by Gasteiger charge is -2.35. The Morgan fingerprint density at radius 1 is 1.15 bits per heavy atom. The van der Waals surface area contributed by atoms with Gasteiger partial charge >= 0.3 is 0 Å².